The van der Waals surface area contributed by atoms with Crippen LogP contribution in [0, 0.1) is 0 Å². The topological polar surface area (TPSA) is 141 Å². The molecule has 0 aromatic carbocycles. The Balaban J connectivity index is 1.48. The van der Waals surface area contributed by atoms with Crippen LogP contribution in [-0.2, 0) is 20.6 Å². The van der Waals surface area contributed by atoms with Gasteiger partial charge in [0.05, 0.1) is 18.6 Å². The number of halogens is 3. The van der Waals surface area contributed by atoms with Crippen molar-refractivity contribution in [3.05, 3.63) is 36.4 Å². The van der Waals surface area contributed by atoms with Crippen LogP contribution in [0.15, 0.2) is 35.6 Å². The van der Waals surface area contributed by atoms with E-state index in [-0.39, 0.29) is 35.8 Å². The van der Waals surface area contributed by atoms with Gasteiger partial charge in [-0.2, -0.15) is 13.2 Å². The highest BCUT2D eigenvalue weighted by Crippen LogP contribution is 2.28. The first-order valence-electron chi connectivity index (χ1n) is 12.0. The first-order valence-corrected chi connectivity index (χ1v) is 12.0. The molecule has 0 saturated carbocycles. The average Bonchev–Trinajstić information content (AvgIpc) is 3.35. The zero-order valence-electron chi connectivity index (χ0n) is 21.2. The van der Waals surface area contributed by atoms with Crippen LogP contribution in [0.2, 0.25) is 0 Å². The van der Waals surface area contributed by atoms with E-state index in [0.29, 0.717) is 6.42 Å². The number of fused-ring (bicyclic) bond motifs is 1. The lowest BCUT2D eigenvalue weighted by molar-refractivity contribution is -0.145. The van der Waals surface area contributed by atoms with Crippen molar-refractivity contribution in [2.75, 3.05) is 18.9 Å². The van der Waals surface area contributed by atoms with Gasteiger partial charge in [-0.05, 0) is 25.5 Å². The van der Waals surface area contributed by atoms with Gasteiger partial charge in [0.15, 0.2) is 18.0 Å². The maximum Gasteiger partial charge on any atom is 0.451 e. The first-order chi connectivity index (χ1) is 18.4. The fraction of sp³-hybridized carbons (Fsp3) is 0.417. The Hall–Kier alpha value is -4.43. The number of alkyl halides is 3. The molecule has 0 radical (unpaired) electrons. The molecule has 206 valence electrons. The van der Waals surface area contributed by atoms with E-state index in [4.69, 9.17) is 0 Å². The minimum absolute atomic E-state index is 0.103. The normalized spacial score (nSPS) is 19.8. The molecule has 39 heavy (non-hydrogen) atoms. The fourth-order valence-corrected chi connectivity index (χ4v) is 4.24. The minimum Gasteiger partial charge on any atom is -0.335 e. The lowest BCUT2D eigenvalue weighted by Crippen LogP contribution is -2.66. The van der Waals surface area contributed by atoms with E-state index in [9.17, 15) is 32.3 Å². The van der Waals surface area contributed by atoms with Crippen molar-refractivity contribution >= 4 is 35.8 Å². The van der Waals surface area contributed by atoms with Gasteiger partial charge in [-0.1, -0.05) is 13.0 Å². The molecule has 2 aromatic rings. The first kappa shape index (κ1) is 27.6. The highest BCUT2D eigenvalue weighted by molar-refractivity contribution is 6.05. The number of imide groups is 1. The summed E-state index contributed by atoms with van der Waals surface area (Å²) >= 11 is 0. The predicted molar refractivity (Wildman–Crippen MR) is 131 cm³/mol. The number of aliphatic imine (C=N–C) groups is 1. The van der Waals surface area contributed by atoms with E-state index in [2.05, 4.69) is 25.3 Å². The van der Waals surface area contributed by atoms with Crippen molar-refractivity contribution in [1.82, 2.24) is 29.7 Å². The summed E-state index contributed by atoms with van der Waals surface area (Å²) in [7, 11) is 1.47. The van der Waals surface area contributed by atoms with E-state index >= 15 is 0 Å². The lowest BCUT2D eigenvalue weighted by Gasteiger charge is -2.42. The molecule has 1 N–H and O–H groups in total. The number of hydrogen-bond donors (Lipinski definition) is 1. The Morgan fingerprint density at radius 1 is 1.15 bits per heavy atom. The molecule has 4 heterocycles. The summed E-state index contributed by atoms with van der Waals surface area (Å²) in [6, 6.07) is 1.96. The van der Waals surface area contributed by atoms with Crippen molar-refractivity contribution in [1.29, 1.82) is 0 Å². The fourth-order valence-electron chi connectivity index (χ4n) is 4.24. The van der Waals surface area contributed by atoms with E-state index in [0.717, 1.165) is 17.3 Å². The second kappa shape index (κ2) is 10.7. The van der Waals surface area contributed by atoms with Crippen LogP contribution in [0.25, 0.3) is 11.3 Å². The molecular formula is C24H25F3N8O4. The van der Waals surface area contributed by atoms with Crippen molar-refractivity contribution in [3.8, 4) is 11.3 Å². The summed E-state index contributed by atoms with van der Waals surface area (Å²) in [5, 5.41) is 2.62. The average molecular weight is 547 g/mol. The van der Waals surface area contributed by atoms with Crippen molar-refractivity contribution in [2.24, 2.45) is 4.99 Å². The summed E-state index contributed by atoms with van der Waals surface area (Å²) in [4.78, 5) is 70.0. The zero-order chi connectivity index (χ0) is 28.5. The van der Waals surface area contributed by atoms with Crippen LogP contribution in [0.4, 0.5) is 23.8 Å². The van der Waals surface area contributed by atoms with E-state index < -0.39 is 48.1 Å². The molecule has 0 bridgehead atoms. The van der Waals surface area contributed by atoms with Gasteiger partial charge in [0.25, 0.3) is 5.91 Å². The number of nitrogens with one attached hydrogen (secondary N) is 1. The standard InChI is InChI=1S/C24H25F3N8O4/c1-4-6-15(36)11-34-21(38)18-19(33(3)23(34)39)30-12-35(18)13(2)20(37)32-17-8-5-7-16(31-17)14-9-28-22(29-10-14)24(25,26)27/h5,7-10,12-13,18-19H,4,6,11H2,1-3H3,(H,31,32,37)/t13-,18?,19?/m0/s1. The SMILES string of the molecule is CCCC(=O)CN1C(=O)C2C(N=CN2[C@@H](C)C(=O)Nc2cccc(-c3cnc(C(F)(F)F)nc3)n2)N(C)C1=O. The molecule has 1 saturated heterocycles. The highest BCUT2D eigenvalue weighted by atomic mass is 19.4. The Kier molecular flexibility index (Phi) is 7.60. The van der Waals surface area contributed by atoms with Gasteiger partial charge in [0.2, 0.25) is 11.7 Å². The summed E-state index contributed by atoms with van der Waals surface area (Å²) < 4.78 is 38.3. The Labute approximate surface area is 220 Å². The smallest absolute Gasteiger partial charge is 0.335 e. The molecule has 4 amide bonds. The third-order valence-corrected chi connectivity index (χ3v) is 6.30. The number of urea groups is 1. The number of pyridine rings is 1. The van der Waals surface area contributed by atoms with Crippen LogP contribution < -0.4 is 5.32 Å². The maximum absolute atomic E-state index is 13.3. The molecule has 2 aliphatic rings. The van der Waals surface area contributed by atoms with E-state index in [1.807, 2.05) is 6.92 Å². The maximum atomic E-state index is 13.3. The predicted octanol–water partition coefficient (Wildman–Crippen LogP) is 2.19. The second-order valence-electron chi connectivity index (χ2n) is 9.04. The summed E-state index contributed by atoms with van der Waals surface area (Å²) in [5.41, 5.74) is 0.437. The Bertz CT molecular complexity index is 1320. The highest BCUT2D eigenvalue weighted by Gasteiger charge is 2.51. The third kappa shape index (κ3) is 5.56. The van der Waals surface area contributed by atoms with Crippen molar-refractivity contribution < 1.29 is 32.3 Å². The van der Waals surface area contributed by atoms with E-state index in [1.165, 1.54) is 42.2 Å². The molecular weight excluding hydrogens is 521 g/mol. The van der Waals surface area contributed by atoms with Crippen LogP contribution >= 0.6 is 0 Å². The van der Waals surface area contributed by atoms with Crippen LogP contribution in [0.5, 0.6) is 0 Å². The van der Waals surface area contributed by atoms with Gasteiger partial charge in [-0.15, -0.1) is 0 Å². The number of hydrogen-bond acceptors (Lipinski definition) is 9. The zero-order valence-corrected chi connectivity index (χ0v) is 21.2. The number of nitrogens with zero attached hydrogens (tertiary/aromatic N) is 7. The summed E-state index contributed by atoms with van der Waals surface area (Å²) in [5.74, 6) is -2.63. The van der Waals surface area contributed by atoms with Gasteiger partial charge in [-0.3, -0.25) is 19.3 Å². The number of likely N-dealkylation sites (N-methyl/N-ethyl adjacent to an activating group) is 1. The lowest BCUT2D eigenvalue weighted by atomic mass is 10.1. The molecule has 0 spiro atoms. The number of aromatic nitrogens is 3. The third-order valence-electron chi connectivity index (χ3n) is 6.30. The molecule has 4 rings (SSSR count). The number of carbonyl (C=O) groups excluding carboxylic acids is 4. The second-order valence-corrected chi connectivity index (χ2v) is 9.04. The number of Topliss-reactive ketones (excluding diaryl/α,β-unsaturated/α-hetero) is 1. The molecule has 2 unspecified atom stereocenters. The molecule has 3 atom stereocenters. The van der Waals surface area contributed by atoms with Gasteiger partial charge >= 0.3 is 12.2 Å². The number of amides is 4. The Morgan fingerprint density at radius 2 is 1.85 bits per heavy atom. The van der Waals surface area contributed by atoms with Gasteiger partial charge in [0, 0.05) is 31.4 Å². The summed E-state index contributed by atoms with van der Waals surface area (Å²) in [6.07, 6.45) is -1.46. The number of anilines is 1. The largest absolute Gasteiger partial charge is 0.451 e. The van der Waals surface area contributed by atoms with Crippen LogP contribution in [0.1, 0.15) is 32.5 Å². The number of rotatable bonds is 8. The Morgan fingerprint density at radius 3 is 2.49 bits per heavy atom. The molecule has 2 aromatic heterocycles. The molecule has 2 aliphatic heterocycles. The quantitative estimate of drug-likeness (QED) is 0.531. The van der Waals surface area contributed by atoms with E-state index in [1.54, 1.807) is 6.07 Å². The van der Waals surface area contributed by atoms with Gasteiger partial charge < -0.3 is 15.1 Å². The van der Waals surface area contributed by atoms with Crippen molar-refractivity contribution in [2.45, 2.75) is 51.1 Å². The summed E-state index contributed by atoms with van der Waals surface area (Å²) in [6.45, 7) is 2.99. The van der Waals surface area contributed by atoms with Gasteiger partial charge in [-0.25, -0.2) is 24.7 Å². The molecule has 12 nitrogen and oxygen atoms in total. The monoisotopic (exact) mass is 546 g/mol. The number of ketones is 1. The molecule has 0 aliphatic carbocycles. The van der Waals surface area contributed by atoms with Crippen LogP contribution in [0.3, 0.4) is 0 Å². The molecule has 1 fully saturated rings. The van der Waals surface area contributed by atoms with Crippen LogP contribution in [-0.4, -0.2) is 91.5 Å². The van der Waals surface area contributed by atoms with Gasteiger partial charge in [0.1, 0.15) is 11.9 Å². The van der Waals surface area contributed by atoms with Crippen molar-refractivity contribution in [3.63, 3.8) is 0 Å². The number of carbonyl (C=O) groups is 4. The minimum atomic E-state index is -4.68. The molecule has 15 heteroatoms.